The minimum atomic E-state index is -1.48. The molecule has 1 heterocycles. The lowest BCUT2D eigenvalue weighted by atomic mass is 10.2. The monoisotopic (exact) mass is 252 g/mol. The Labute approximate surface area is 103 Å². The molecule has 1 unspecified atom stereocenters. The van der Waals surface area contributed by atoms with Crippen LogP contribution in [0.25, 0.3) is 0 Å². The van der Waals surface area contributed by atoms with Crippen LogP contribution in [0.2, 0.25) is 0 Å². The maximum Gasteiger partial charge on any atom is 0.508 e. The van der Waals surface area contributed by atoms with Gasteiger partial charge in [0.25, 0.3) is 6.29 Å². The van der Waals surface area contributed by atoms with Gasteiger partial charge in [0.15, 0.2) is 0 Å². The fourth-order valence-corrected chi connectivity index (χ4v) is 1.63. The van der Waals surface area contributed by atoms with E-state index < -0.39 is 18.5 Å². The van der Waals surface area contributed by atoms with Gasteiger partial charge in [-0.25, -0.2) is 9.59 Å². The van der Waals surface area contributed by atoms with Crippen molar-refractivity contribution in [3.05, 3.63) is 29.8 Å². The molecule has 1 atom stereocenters. The van der Waals surface area contributed by atoms with Gasteiger partial charge in [-0.05, 0) is 17.7 Å². The number of anilines is 1. The van der Waals surface area contributed by atoms with Gasteiger partial charge in [-0.3, -0.25) is 4.90 Å². The molecule has 0 bridgehead atoms. The molecule has 1 aromatic rings. The largest absolute Gasteiger partial charge is 0.508 e. The summed E-state index contributed by atoms with van der Waals surface area (Å²) in [6.07, 6.45) is -3.21. The SMILES string of the molecule is NCc1ccc(N2CC(OC(=O)O)OC2=O)cc1. The van der Waals surface area contributed by atoms with Crippen LogP contribution in [0.3, 0.4) is 0 Å². The van der Waals surface area contributed by atoms with Crippen molar-refractivity contribution in [1.29, 1.82) is 0 Å². The predicted molar refractivity (Wildman–Crippen MR) is 61.1 cm³/mol. The Morgan fingerprint density at radius 1 is 1.50 bits per heavy atom. The van der Waals surface area contributed by atoms with Crippen LogP contribution in [-0.4, -0.2) is 30.2 Å². The summed E-state index contributed by atoms with van der Waals surface area (Å²) < 4.78 is 9.15. The lowest BCUT2D eigenvalue weighted by Crippen LogP contribution is -2.25. The number of nitrogens with zero attached hydrogens (tertiary/aromatic N) is 1. The van der Waals surface area contributed by atoms with Gasteiger partial charge in [-0.15, -0.1) is 0 Å². The first-order valence-electron chi connectivity index (χ1n) is 5.27. The van der Waals surface area contributed by atoms with Gasteiger partial charge in [0, 0.05) is 12.2 Å². The fraction of sp³-hybridized carbons (Fsp3) is 0.273. The van der Waals surface area contributed by atoms with Crippen LogP contribution >= 0.6 is 0 Å². The quantitative estimate of drug-likeness (QED) is 0.781. The lowest BCUT2D eigenvalue weighted by Gasteiger charge is -2.12. The highest BCUT2D eigenvalue weighted by Gasteiger charge is 2.34. The number of carbonyl (C=O) groups is 2. The molecule has 7 nitrogen and oxygen atoms in total. The second kappa shape index (κ2) is 4.92. The minimum Gasteiger partial charge on any atom is -0.450 e. The molecule has 1 aliphatic heterocycles. The summed E-state index contributed by atoms with van der Waals surface area (Å²) in [5.74, 6) is 0. The van der Waals surface area contributed by atoms with Crippen molar-refractivity contribution in [1.82, 2.24) is 0 Å². The Kier molecular flexibility index (Phi) is 3.33. The van der Waals surface area contributed by atoms with E-state index in [1.54, 1.807) is 24.3 Å². The fourth-order valence-electron chi connectivity index (χ4n) is 1.63. The van der Waals surface area contributed by atoms with Crippen LogP contribution < -0.4 is 10.6 Å². The molecule has 0 aliphatic carbocycles. The summed E-state index contributed by atoms with van der Waals surface area (Å²) in [6.45, 7) is 0.447. The predicted octanol–water partition coefficient (Wildman–Crippen LogP) is 1.12. The molecule has 1 fully saturated rings. The topological polar surface area (TPSA) is 102 Å². The van der Waals surface area contributed by atoms with E-state index in [2.05, 4.69) is 4.74 Å². The third-order valence-electron chi connectivity index (χ3n) is 2.50. The average Bonchev–Trinajstić information content (AvgIpc) is 2.69. The zero-order chi connectivity index (χ0) is 13.1. The van der Waals surface area contributed by atoms with Gasteiger partial charge in [-0.1, -0.05) is 12.1 Å². The molecule has 18 heavy (non-hydrogen) atoms. The maximum absolute atomic E-state index is 11.5. The third kappa shape index (κ3) is 2.51. The number of ether oxygens (including phenoxy) is 2. The van der Waals surface area contributed by atoms with Crippen LogP contribution in [0, 0.1) is 0 Å². The Balaban J connectivity index is 2.08. The molecular formula is C11H12N2O5. The Morgan fingerprint density at radius 3 is 2.72 bits per heavy atom. The van der Waals surface area contributed by atoms with Crippen LogP contribution in [0.4, 0.5) is 15.3 Å². The number of carboxylic acid groups (broad SMARTS) is 1. The molecule has 1 aromatic carbocycles. The van der Waals surface area contributed by atoms with Crippen LogP contribution in [-0.2, 0) is 16.0 Å². The van der Waals surface area contributed by atoms with Gasteiger partial charge in [-0.2, -0.15) is 0 Å². The molecule has 1 saturated heterocycles. The number of rotatable bonds is 3. The molecule has 2 rings (SSSR count). The third-order valence-corrected chi connectivity index (χ3v) is 2.50. The van der Waals surface area contributed by atoms with Gasteiger partial charge < -0.3 is 20.3 Å². The molecule has 3 N–H and O–H groups in total. The van der Waals surface area contributed by atoms with Crippen LogP contribution in [0.15, 0.2) is 24.3 Å². The minimum absolute atomic E-state index is 0.0348. The van der Waals surface area contributed by atoms with Crippen LogP contribution in [0.5, 0.6) is 0 Å². The molecule has 1 amide bonds. The van der Waals surface area contributed by atoms with Gasteiger partial charge in [0.05, 0.1) is 0 Å². The summed E-state index contributed by atoms with van der Waals surface area (Å²) in [7, 11) is 0. The highest BCUT2D eigenvalue weighted by atomic mass is 16.8. The molecule has 0 radical (unpaired) electrons. The molecule has 0 aromatic heterocycles. The van der Waals surface area contributed by atoms with Gasteiger partial charge in [0.2, 0.25) is 0 Å². The first-order valence-corrected chi connectivity index (χ1v) is 5.27. The Bertz CT molecular complexity index is 459. The van der Waals surface area contributed by atoms with Crippen molar-refractivity contribution in [2.24, 2.45) is 5.73 Å². The van der Waals surface area contributed by atoms with E-state index in [0.29, 0.717) is 12.2 Å². The van der Waals surface area contributed by atoms with Crippen molar-refractivity contribution in [2.45, 2.75) is 12.8 Å². The second-order valence-electron chi connectivity index (χ2n) is 3.68. The number of hydrogen-bond donors (Lipinski definition) is 2. The van der Waals surface area contributed by atoms with Crippen molar-refractivity contribution in [3.63, 3.8) is 0 Å². The molecule has 1 aliphatic rings. The number of carbonyl (C=O) groups excluding carboxylic acids is 1. The van der Waals surface area contributed by atoms with Gasteiger partial charge in [0.1, 0.15) is 6.54 Å². The van der Waals surface area contributed by atoms with E-state index in [4.69, 9.17) is 15.6 Å². The lowest BCUT2D eigenvalue weighted by molar-refractivity contribution is -0.0491. The molecule has 0 spiro atoms. The Hall–Kier alpha value is -2.28. The highest BCUT2D eigenvalue weighted by Crippen LogP contribution is 2.22. The van der Waals surface area contributed by atoms with E-state index in [0.717, 1.165) is 5.56 Å². The van der Waals surface area contributed by atoms with Crippen LogP contribution in [0.1, 0.15) is 5.56 Å². The van der Waals surface area contributed by atoms with E-state index in [1.807, 2.05) is 0 Å². The number of amides is 1. The standard InChI is InChI=1S/C11H12N2O5/c12-5-7-1-3-8(4-2-7)13-6-9(17-10(13)14)18-11(15)16/h1-4,9H,5-6,12H2,(H,15,16). The maximum atomic E-state index is 11.5. The molecule has 7 heteroatoms. The number of cyclic esters (lactones) is 1. The smallest absolute Gasteiger partial charge is 0.450 e. The summed E-state index contributed by atoms with van der Waals surface area (Å²) in [5, 5.41) is 8.44. The van der Waals surface area contributed by atoms with E-state index >= 15 is 0 Å². The molecular weight excluding hydrogens is 240 g/mol. The van der Waals surface area contributed by atoms with Gasteiger partial charge >= 0.3 is 12.2 Å². The highest BCUT2D eigenvalue weighted by molar-refractivity contribution is 5.89. The average molecular weight is 252 g/mol. The van der Waals surface area contributed by atoms with Crippen molar-refractivity contribution >= 4 is 17.9 Å². The summed E-state index contributed by atoms with van der Waals surface area (Å²) >= 11 is 0. The first kappa shape index (κ1) is 12.2. The number of hydrogen-bond acceptors (Lipinski definition) is 5. The van der Waals surface area contributed by atoms with Crippen molar-refractivity contribution in [2.75, 3.05) is 11.4 Å². The van der Waals surface area contributed by atoms with Crippen molar-refractivity contribution < 1.29 is 24.2 Å². The second-order valence-corrected chi connectivity index (χ2v) is 3.68. The zero-order valence-corrected chi connectivity index (χ0v) is 9.41. The summed E-state index contributed by atoms with van der Waals surface area (Å²) in [4.78, 5) is 23.2. The Morgan fingerprint density at radius 2 is 2.17 bits per heavy atom. The summed E-state index contributed by atoms with van der Waals surface area (Å²) in [6, 6.07) is 7.00. The van der Waals surface area contributed by atoms with Crippen molar-refractivity contribution in [3.8, 4) is 0 Å². The first-order chi connectivity index (χ1) is 8.60. The summed E-state index contributed by atoms with van der Waals surface area (Å²) in [5.41, 5.74) is 7.01. The number of benzene rings is 1. The van der Waals surface area contributed by atoms with E-state index in [9.17, 15) is 9.59 Å². The van der Waals surface area contributed by atoms with E-state index in [-0.39, 0.29) is 6.54 Å². The molecule has 96 valence electrons. The van der Waals surface area contributed by atoms with E-state index in [1.165, 1.54) is 4.90 Å². The zero-order valence-electron chi connectivity index (χ0n) is 9.41. The normalized spacial score (nSPS) is 18.6. The number of nitrogens with two attached hydrogens (primary N) is 1. The molecule has 0 saturated carbocycles.